The van der Waals surface area contributed by atoms with Crippen LogP contribution in [0.1, 0.15) is 12.0 Å². The predicted octanol–water partition coefficient (Wildman–Crippen LogP) is -0.961. The zero-order chi connectivity index (χ0) is 19.7. The normalized spacial score (nSPS) is 13.8. The van der Waals surface area contributed by atoms with Gasteiger partial charge in [-0.2, -0.15) is 4.98 Å². The second-order valence-corrected chi connectivity index (χ2v) is 6.32. The van der Waals surface area contributed by atoms with Gasteiger partial charge in [-0.25, -0.2) is 9.78 Å². The third-order valence-corrected chi connectivity index (χ3v) is 4.50. The Bertz CT molecular complexity index is 1060. The largest absolute Gasteiger partial charge is 0.394 e. The number of aliphatic hydroxyl groups excluding tert-OH is 3. The highest BCUT2D eigenvalue weighted by atomic mass is 16.4. The highest BCUT2D eigenvalue weighted by molar-refractivity contribution is 5.84. The summed E-state index contributed by atoms with van der Waals surface area (Å²) in [4.78, 5) is 34.2. The summed E-state index contributed by atoms with van der Waals surface area (Å²) in [6.45, 7) is 1.47. The van der Waals surface area contributed by atoms with Gasteiger partial charge >= 0.3 is 5.69 Å². The first-order chi connectivity index (χ1) is 12.8. The molecule has 0 aromatic heterocycles. The summed E-state index contributed by atoms with van der Waals surface area (Å²) in [6, 6.07) is 3.62. The topological polar surface area (TPSA) is 153 Å². The first kappa shape index (κ1) is 19.0. The second kappa shape index (κ2) is 7.43. The molecule has 2 atom stereocenters. The third-order valence-electron chi connectivity index (χ3n) is 4.50. The van der Waals surface area contributed by atoms with Crippen molar-refractivity contribution in [1.82, 2.24) is 19.5 Å². The number of nitrogens with zero attached hydrogens (tertiary/aromatic N) is 3. The van der Waals surface area contributed by atoms with Crippen molar-refractivity contribution < 1.29 is 15.3 Å². The maximum atomic E-state index is 12.2. The van der Waals surface area contributed by atoms with Crippen molar-refractivity contribution in [2.24, 2.45) is 0 Å². The molecular formula is C17H21N5O5. The van der Waals surface area contributed by atoms with E-state index < -0.39 is 30.1 Å². The van der Waals surface area contributed by atoms with Crippen LogP contribution in [-0.4, -0.2) is 60.7 Å². The van der Waals surface area contributed by atoms with E-state index in [1.54, 1.807) is 17.7 Å². The lowest BCUT2D eigenvalue weighted by molar-refractivity contribution is -0.0191. The molecule has 0 bridgehead atoms. The number of H-pyrrole nitrogens is 1. The number of aromatic nitrogens is 4. The molecule has 0 saturated carbocycles. The van der Waals surface area contributed by atoms with Crippen molar-refractivity contribution in [3.05, 3.63) is 38.5 Å². The minimum atomic E-state index is -1.29. The number of aliphatic hydroxyl groups is 3. The summed E-state index contributed by atoms with van der Waals surface area (Å²) in [5.41, 5.74) is 1.47. The molecular weight excluding hydrogens is 354 g/mol. The van der Waals surface area contributed by atoms with Gasteiger partial charge in [-0.05, 0) is 31.0 Å². The van der Waals surface area contributed by atoms with Gasteiger partial charge in [-0.3, -0.25) is 9.78 Å². The van der Waals surface area contributed by atoms with E-state index in [2.05, 4.69) is 20.3 Å². The molecule has 2 unspecified atom stereocenters. The number of nitrogens with one attached hydrogen (secondary N) is 2. The number of fused-ring (bicyclic) bond motifs is 2. The standard InChI is InChI=1S/C17H21N5O5/c1-8-5-10-11(6-9(8)18-2)22(4-3-12(24)13(25)7-23)15-14(19-10)16(26)21-17(27)20-15/h5-6,12-13,18,23-25H,3-4,7H2,1-2H3,(H,21,26,27). The number of hydrogen-bond acceptors (Lipinski definition) is 8. The van der Waals surface area contributed by atoms with Crippen molar-refractivity contribution in [3.8, 4) is 11.5 Å². The molecule has 1 aromatic carbocycles. The summed E-state index contributed by atoms with van der Waals surface area (Å²) >= 11 is 0. The van der Waals surface area contributed by atoms with Gasteiger partial charge in [0.15, 0.2) is 11.5 Å². The molecule has 10 nitrogen and oxygen atoms in total. The number of hydrogen-bond donors (Lipinski definition) is 5. The van der Waals surface area contributed by atoms with Gasteiger partial charge in [0.2, 0.25) is 0 Å². The van der Waals surface area contributed by atoms with Crippen molar-refractivity contribution in [2.75, 3.05) is 19.0 Å². The average molecular weight is 375 g/mol. The van der Waals surface area contributed by atoms with E-state index in [1.807, 2.05) is 13.0 Å². The molecule has 2 heterocycles. The fraction of sp³-hybridized carbons (Fsp3) is 0.412. The van der Waals surface area contributed by atoms with Gasteiger partial charge in [0.05, 0.1) is 23.7 Å². The number of anilines is 1. The van der Waals surface area contributed by atoms with Crippen LogP contribution in [-0.2, 0) is 6.54 Å². The Labute approximate surface area is 153 Å². The smallest absolute Gasteiger partial charge is 0.349 e. The van der Waals surface area contributed by atoms with Crippen LogP contribution in [0.2, 0.25) is 0 Å². The molecule has 3 rings (SSSR count). The van der Waals surface area contributed by atoms with Gasteiger partial charge in [0.25, 0.3) is 5.56 Å². The number of aryl methyl sites for hydroxylation is 2. The van der Waals surface area contributed by atoms with Crippen molar-refractivity contribution >= 4 is 16.7 Å². The van der Waals surface area contributed by atoms with Crippen LogP contribution in [0.4, 0.5) is 5.69 Å². The molecule has 0 radical (unpaired) electrons. The van der Waals surface area contributed by atoms with E-state index >= 15 is 0 Å². The number of aromatic amines is 1. The zero-order valence-electron chi connectivity index (χ0n) is 14.9. The Morgan fingerprint density at radius 3 is 2.63 bits per heavy atom. The Balaban J connectivity index is 2.24. The van der Waals surface area contributed by atoms with Crippen LogP contribution in [0.15, 0.2) is 21.7 Å². The molecule has 0 saturated heterocycles. The summed E-state index contributed by atoms with van der Waals surface area (Å²) in [5.74, 6) is 0.0906. The fourth-order valence-corrected chi connectivity index (χ4v) is 3.02. The zero-order valence-corrected chi connectivity index (χ0v) is 14.9. The molecule has 2 aliphatic rings. The van der Waals surface area contributed by atoms with Crippen LogP contribution in [0, 0.1) is 6.92 Å². The molecule has 2 aliphatic heterocycles. The van der Waals surface area contributed by atoms with Gasteiger partial charge in [-0.15, -0.1) is 0 Å². The molecule has 10 heteroatoms. The average Bonchev–Trinajstić information content (AvgIpc) is 2.64. The van der Waals surface area contributed by atoms with E-state index in [4.69, 9.17) is 5.11 Å². The lowest BCUT2D eigenvalue weighted by Crippen LogP contribution is -2.32. The summed E-state index contributed by atoms with van der Waals surface area (Å²) in [7, 11) is 1.77. The summed E-state index contributed by atoms with van der Waals surface area (Å²) in [6.07, 6.45) is -2.39. The monoisotopic (exact) mass is 375 g/mol. The van der Waals surface area contributed by atoms with Gasteiger partial charge < -0.3 is 25.2 Å². The van der Waals surface area contributed by atoms with E-state index in [-0.39, 0.29) is 24.5 Å². The SMILES string of the molecule is CNc1cc2c(cc1C)nc1c(=O)[nH]c(=O)nc-1n2CCC(O)C(O)CO. The summed E-state index contributed by atoms with van der Waals surface area (Å²) < 4.78 is 1.61. The van der Waals surface area contributed by atoms with Crippen molar-refractivity contribution in [1.29, 1.82) is 0 Å². The van der Waals surface area contributed by atoms with Crippen LogP contribution >= 0.6 is 0 Å². The molecule has 0 fully saturated rings. The first-order valence-corrected chi connectivity index (χ1v) is 8.45. The quantitative estimate of drug-likeness (QED) is 0.345. The first-order valence-electron chi connectivity index (χ1n) is 8.45. The Morgan fingerprint density at radius 2 is 1.96 bits per heavy atom. The van der Waals surface area contributed by atoms with Crippen LogP contribution in [0.3, 0.4) is 0 Å². The predicted molar refractivity (Wildman–Crippen MR) is 99.0 cm³/mol. The summed E-state index contributed by atoms with van der Waals surface area (Å²) in [5, 5.41) is 31.6. The fourth-order valence-electron chi connectivity index (χ4n) is 3.02. The van der Waals surface area contributed by atoms with Gasteiger partial charge in [0, 0.05) is 19.3 Å². The van der Waals surface area contributed by atoms with E-state index in [0.717, 1.165) is 11.3 Å². The van der Waals surface area contributed by atoms with Crippen LogP contribution in [0.5, 0.6) is 0 Å². The third kappa shape index (κ3) is 3.54. The van der Waals surface area contributed by atoms with Crippen molar-refractivity contribution in [3.63, 3.8) is 0 Å². The molecule has 0 spiro atoms. The lowest BCUT2D eigenvalue weighted by atomic mass is 10.1. The molecule has 144 valence electrons. The van der Waals surface area contributed by atoms with E-state index in [1.165, 1.54) is 0 Å². The van der Waals surface area contributed by atoms with Crippen molar-refractivity contribution in [2.45, 2.75) is 32.1 Å². The van der Waals surface area contributed by atoms with Gasteiger partial charge in [0.1, 0.15) is 6.10 Å². The Hall–Kier alpha value is -2.82. The van der Waals surface area contributed by atoms with Crippen LogP contribution in [0.25, 0.3) is 22.6 Å². The highest BCUT2D eigenvalue weighted by Crippen LogP contribution is 2.26. The second-order valence-electron chi connectivity index (χ2n) is 6.32. The number of rotatable bonds is 6. The van der Waals surface area contributed by atoms with E-state index in [9.17, 15) is 19.8 Å². The highest BCUT2D eigenvalue weighted by Gasteiger charge is 2.21. The number of benzene rings is 1. The molecule has 0 aliphatic carbocycles. The molecule has 27 heavy (non-hydrogen) atoms. The van der Waals surface area contributed by atoms with Gasteiger partial charge in [-0.1, -0.05) is 0 Å². The maximum Gasteiger partial charge on any atom is 0.349 e. The maximum absolute atomic E-state index is 12.2. The molecule has 5 N–H and O–H groups in total. The lowest BCUT2D eigenvalue weighted by Gasteiger charge is -2.21. The Morgan fingerprint density at radius 1 is 1.22 bits per heavy atom. The van der Waals surface area contributed by atoms with E-state index in [0.29, 0.717) is 11.0 Å². The molecule has 1 aromatic rings. The van der Waals surface area contributed by atoms with Crippen LogP contribution < -0.4 is 16.6 Å². The molecule has 0 amide bonds. The minimum Gasteiger partial charge on any atom is -0.394 e. The minimum absolute atomic E-state index is 0.0101. The Kier molecular flexibility index (Phi) is 5.22.